The van der Waals surface area contributed by atoms with Crippen LogP contribution in [0.3, 0.4) is 0 Å². The molecule has 34 heavy (non-hydrogen) atoms. The van der Waals surface area contributed by atoms with Crippen molar-refractivity contribution >= 4 is 28.7 Å². The van der Waals surface area contributed by atoms with E-state index in [9.17, 15) is 14.4 Å². The number of carbonyl (C=O) groups is 2. The summed E-state index contributed by atoms with van der Waals surface area (Å²) in [7, 11) is 1.29. The molecular weight excluding hydrogens is 434 g/mol. The van der Waals surface area contributed by atoms with Crippen molar-refractivity contribution in [2.45, 2.75) is 58.4 Å². The summed E-state index contributed by atoms with van der Waals surface area (Å²) in [5, 5.41) is 3.23. The Hall–Kier alpha value is -3.62. The highest BCUT2D eigenvalue weighted by atomic mass is 16.5. The molecule has 1 saturated carbocycles. The molecule has 9 nitrogen and oxygen atoms in total. The lowest BCUT2D eigenvalue weighted by atomic mass is 9.84. The van der Waals surface area contributed by atoms with E-state index >= 15 is 0 Å². The van der Waals surface area contributed by atoms with Crippen molar-refractivity contribution in [3.8, 4) is 0 Å². The Labute approximate surface area is 197 Å². The van der Waals surface area contributed by atoms with E-state index in [2.05, 4.69) is 25.0 Å². The van der Waals surface area contributed by atoms with E-state index in [1.54, 1.807) is 6.07 Å². The minimum absolute atomic E-state index is 0.278. The molecule has 1 aliphatic carbocycles. The summed E-state index contributed by atoms with van der Waals surface area (Å²) in [6, 6.07) is 4.18. The van der Waals surface area contributed by atoms with E-state index < -0.39 is 12.0 Å². The first-order chi connectivity index (χ1) is 16.4. The summed E-state index contributed by atoms with van der Waals surface area (Å²) in [5.74, 6) is -0.209. The number of ether oxygens (including phenoxy) is 1. The summed E-state index contributed by atoms with van der Waals surface area (Å²) in [4.78, 5) is 51.5. The molecule has 1 amide bonds. The van der Waals surface area contributed by atoms with Crippen LogP contribution in [-0.4, -0.2) is 38.5 Å². The summed E-state index contributed by atoms with van der Waals surface area (Å²) in [6.45, 7) is 3.71. The van der Waals surface area contributed by atoms with Gasteiger partial charge in [-0.05, 0) is 49.9 Å². The molecule has 1 unspecified atom stereocenters. The zero-order valence-electron chi connectivity index (χ0n) is 19.7. The number of aromatic nitrogens is 4. The first kappa shape index (κ1) is 23.5. The van der Waals surface area contributed by atoms with E-state index in [0.29, 0.717) is 29.2 Å². The first-order valence-corrected chi connectivity index (χ1v) is 11.6. The van der Waals surface area contributed by atoms with Crippen molar-refractivity contribution in [2.24, 2.45) is 5.92 Å². The molecular formula is C25H29N5O4. The zero-order valence-corrected chi connectivity index (χ0v) is 19.7. The van der Waals surface area contributed by atoms with Gasteiger partial charge in [-0.3, -0.25) is 14.2 Å². The Morgan fingerprint density at radius 2 is 1.94 bits per heavy atom. The van der Waals surface area contributed by atoms with Crippen molar-refractivity contribution < 1.29 is 14.3 Å². The number of esters is 1. The predicted octanol–water partition coefficient (Wildman–Crippen LogP) is 3.74. The third-order valence-corrected chi connectivity index (χ3v) is 6.43. The van der Waals surface area contributed by atoms with Gasteiger partial charge in [0.2, 0.25) is 5.91 Å². The van der Waals surface area contributed by atoms with Gasteiger partial charge in [-0.15, -0.1) is 0 Å². The number of hydrogen-bond acceptors (Lipinski definition) is 7. The van der Waals surface area contributed by atoms with Crippen LogP contribution in [0.4, 0.5) is 5.82 Å². The molecule has 3 aromatic heterocycles. The number of nitrogens with one attached hydrogen (secondary N) is 1. The van der Waals surface area contributed by atoms with Crippen LogP contribution in [0.5, 0.6) is 0 Å². The molecule has 4 rings (SSSR count). The zero-order chi connectivity index (χ0) is 24.2. The monoisotopic (exact) mass is 463 g/mol. The van der Waals surface area contributed by atoms with E-state index in [1.807, 2.05) is 19.9 Å². The highest BCUT2D eigenvalue weighted by Gasteiger charge is 2.28. The van der Waals surface area contributed by atoms with Crippen molar-refractivity contribution in [1.29, 1.82) is 0 Å². The lowest BCUT2D eigenvalue weighted by molar-refractivity contribution is -0.120. The summed E-state index contributed by atoms with van der Waals surface area (Å²) < 4.78 is 6.12. The number of carbonyl (C=O) groups excluding carboxylic acids is 2. The molecule has 1 N–H and O–H groups in total. The van der Waals surface area contributed by atoms with Gasteiger partial charge in [0, 0.05) is 11.9 Å². The molecule has 3 aromatic rings. The topological polar surface area (TPSA) is 116 Å². The van der Waals surface area contributed by atoms with Gasteiger partial charge in [-0.25, -0.2) is 19.7 Å². The third-order valence-electron chi connectivity index (χ3n) is 6.43. The maximum Gasteiger partial charge on any atom is 0.339 e. The summed E-state index contributed by atoms with van der Waals surface area (Å²) in [5.41, 5.74) is 1.96. The second-order valence-corrected chi connectivity index (χ2v) is 8.90. The second kappa shape index (κ2) is 10.1. The van der Waals surface area contributed by atoms with Crippen LogP contribution in [0.25, 0.3) is 11.0 Å². The molecule has 1 aliphatic rings. The molecule has 3 heterocycles. The second-order valence-electron chi connectivity index (χ2n) is 8.90. The van der Waals surface area contributed by atoms with Crippen molar-refractivity contribution in [3.05, 3.63) is 57.9 Å². The Balaban J connectivity index is 1.68. The number of anilines is 1. The van der Waals surface area contributed by atoms with Crippen molar-refractivity contribution in [2.75, 3.05) is 12.4 Å². The van der Waals surface area contributed by atoms with Crippen LogP contribution in [0.2, 0.25) is 0 Å². The van der Waals surface area contributed by atoms with E-state index in [1.165, 1.54) is 36.7 Å². The maximum absolute atomic E-state index is 13.5. The molecule has 9 heteroatoms. The predicted molar refractivity (Wildman–Crippen MR) is 128 cm³/mol. The Morgan fingerprint density at radius 3 is 2.62 bits per heavy atom. The Morgan fingerprint density at radius 1 is 1.18 bits per heavy atom. The maximum atomic E-state index is 13.5. The van der Waals surface area contributed by atoms with Gasteiger partial charge in [0.05, 0.1) is 18.1 Å². The van der Waals surface area contributed by atoms with Crippen LogP contribution in [0, 0.1) is 19.8 Å². The fourth-order valence-corrected chi connectivity index (χ4v) is 4.70. The normalized spacial score (nSPS) is 15.1. The smallest absolute Gasteiger partial charge is 0.339 e. The average Bonchev–Trinajstić information content (AvgIpc) is 2.83. The van der Waals surface area contributed by atoms with Gasteiger partial charge in [-0.1, -0.05) is 32.1 Å². The van der Waals surface area contributed by atoms with E-state index in [-0.39, 0.29) is 17.0 Å². The standard InChI is InChI=1S/C25H29N5O4/c1-15-11-16(2)28-22-21(15)24(32)30(14-27-22)19(12-17-7-5-4-6-8-17)23(31)29-20-10-9-18(13-26-20)25(33)34-3/h9-11,13-14,17,19H,4-8,12H2,1-3H3,(H,26,29,31). The van der Waals surface area contributed by atoms with Gasteiger partial charge in [0.15, 0.2) is 5.65 Å². The third kappa shape index (κ3) is 4.98. The summed E-state index contributed by atoms with van der Waals surface area (Å²) in [6.07, 6.45) is 8.83. The average molecular weight is 464 g/mol. The fraction of sp³-hybridized carbons (Fsp3) is 0.440. The molecule has 0 aliphatic heterocycles. The van der Waals surface area contributed by atoms with Crippen LogP contribution in [-0.2, 0) is 9.53 Å². The highest BCUT2D eigenvalue weighted by molar-refractivity contribution is 5.94. The van der Waals surface area contributed by atoms with Crippen molar-refractivity contribution in [3.63, 3.8) is 0 Å². The number of fused-ring (bicyclic) bond motifs is 1. The van der Waals surface area contributed by atoms with E-state index in [0.717, 1.165) is 36.9 Å². The van der Waals surface area contributed by atoms with Crippen LogP contribution < -0.4 is 10.9 Å². The van der Waals surface area contributed by atoms with E-state index in [4.69, 9.17) is 0 Å². The SMILES string of the molecule is COC(=O)c1ccc(NC(=O)C(CC2CCCCC2)n2cnc3nc(C)cc(C)c3c2=O)nc1. The minimum Gasteiger partial charge on any atom is -0.465 e. The molecule has 0 bridgehead atoms. The summed E-state index contributed by atoms with van der Waals surface area (Å²) >= 11 is 0. The largest absolute Gasteiger partial charge is 0.465 e. The molecule has 1 atom stereocenters. The van der Waals surface area contributed by atoms with Crippen LogP contribution >= 0.6 is 0 Å². The van der Waals surface area contributed by atoms with Gasteiger partial charge < -0.3 is 10.1 Å². The number of amides is 1. The quantitative estimate of drug-likeness (QED) is 0.554. The molecule has 0 aromatic carbocycles. The molecule has 1 fully saturated rings. The number of rotatable bonds is 6. The number of methoxy groups -OCH3 is 1. The number of hydrogen-bond donors (Lipinski definition) is 1. The molecule has 0 saturated heterocycles. The van der Waals surface area contributed by atoms with Gasteiger partial charge in [-0.2, -0.15) is 0 Å². The molecule has 0 spiro atoms. The lowest BCUT2D eigenvalue weighted by Crippen LogP contribution is -2.35. The number of nitrogens with zero attached hydrogens (tertiary/aromatic N) is 4. The molecule has 178 valence electrons. The lowest BCUT2D eigenvalue weighted by Gasteiger charge is -2.27. The first-order valence-electron chi connectivity index (χ1n) is 11.6. The van der Waals surface area contributed by atoms with Crippen LogP contribution in [0.1, 0.15) is 66.2 Å². The Bertz CT molecular complexity index is 1260. The molecule has 0 radical (unpaired) electrons. The number of aryl methyl sites for hydroxylation is 2. The van der Waals surface area contributed by atoms with Crippen molar-refractivity contribution in [1.82, 2.24) is 19.5 Å². The van der Waals surface area contributed by atoms with Gasteiger partial charge >= 0.3 is 5.97 Å². The highest BCUT2D eigenvalue weighted by Crippen LogP contribution is 2.31. The van der Waals surface area contributed by atoms with Gasteiger partial charge in [0.25, 0.3) is 5.56 Å². The van der Waals surface area contributed by atoms with Crippen LogP contribution in [0.15, 0.2) is 35.5 Å². The van der Waals surface area contributed by atoms with Gasteiger partial charge in [0.1, 0.15) is 18.2 Å². The minimum atomic E-state index is -0.740. The Kier molecular flexibility index (Phi) is 7.00. The fourth-order valence-electron chi connectivity index (χ4n) is 4.70. The number of pyridine rings is 2.